The molecule has 0 spiro atoms. The molecule has 1 fully saturated rings. The van der Waals surface area contributed by atoms with E-state index in [1.807, 2.05) is 0 Å². The van der Waals surface area contributed by atoms with Crippen molar-refractivity contribution in [3.8, 4) is 0 Å². The highest BCUT2D eigenvalue weighted by molar-refractivity contribution is 5.87. The number of rotatable bonds is 5. The van der Waals surface area contributed by atoms with Crippen molar-refractivity contribution in [3.63, 3.8) is 0 Å². The van der Waals surface area contributed by atoms with Crippen LogP contribution in [-0.2, 0) is 28.5 Å². The van der Waals surface area contributed by atoms with Crippen LogP contribution in [0.3, 0.4) is 0 Å². The van der Waals surface area contributed by atoms with Crippen LogP contribution in [0.15, 0.2) is 18.2 Å². The third kappa shape index (κ3) is 4.27. The van der Waals surface area contributed by atoms with Gasteiger partial charge in [-0.25, -0.2) is 0 Å². The zero-order valence-corrected chi connectivity index (χ0v) is 14.7. The number of halogens is 6. The molecule has 1 saturated heterocycles. The fraction of sp³-hybridized carbons (Fsp3) is 0.556. The van der Waals surface area contributed by atoms with E-state index in [1.165, 1.54) is 4.90 Å². The molecule has 27 heavy (non-hydrogen) atoms. The molecule has 0 aromatic heterocycles. The number of carbonyl (C=O) groups excluding carboxylic acids is 2. The monoisotopic (exact) mass is 395 g/mol. The fourth-order valence-electron chi connectivity index (χ4n) is 3.45. The Kier molecular flexibility index (Phi) is 5.64. The van der Waals surface area contributed by atoms with Crippen LogP contribution in [0.1, 0.15) is 43.4 Å². The summed E-state index contributed by atoms with van der Waals surface area (Å²) in [4.78, 5) is 24.9. The van der Waals surface area contributed by atoms with E-state index in [2.05, 4.69) is 0 Å². The van der Waals surface area contributed by atoms with Crippen molar-refractivity contribution in [2.75, 3.05) is 6.54 Å². The lowest BCUT2D eigenvalue weighted by molar-refractivity contribution is -0.143. The molecule has 0 saturated carbocycles. The summed E-state index contributed by atoms with van der Waals surface area (Å²) in [6.07, 6.45) is -8.97. The molecule has 1 heterocycles. The lowest BCUT2D eigenvalue weighted by Crippen LogP contribution is -2.38. The minimum absolute atomic E-state index is 0.0314. The van der Waals surface area contributed by atoms with E-state index >= 15 is 0 Å². The van der Waals surface area contributed by atoms with Crippen molar-refractivity contribution in [2.45, 2.75) is 45.6 Å². The molecule has 0 aliphatic carbocycles. The molecule has 9 heteroatoms. The molecular weight excluding hydrogens is 376 g/mol. The second-order valence-corrected chi connectivity index (χ2v) is 7.07. The number of amides is 1. The second kappa shape index (κ2) is 7.16. The van der Waals surface area contributed by atoms with Crippen LogP contribution in [0.5, 0.6) is 0 Å². The van der Waals surface area contributed by atoms with Gasteiger partial charge < -0.3 is 9.69 Å². The summed E-state index contributed by atoms with van der Waals surface area (Å²) < 4.78 is 77.8. The number of carbonyl (C=O) groups is 2. The normalized spacial score (nSPS) is 21.2. The molecule has 0 radical (unpaired) electrons. The predicted molar refractivity (Wildman–Crippen MR) is 84.4 cm³/mol. The van der Waals surface area contributed by atoms with Gasteiger partial charge in [0.15, 0.2) is 0 Å². The molecular formula is C18H19F6NO2. The van der Waals surface area contributed by atoms with Crippen LogP contribution < -0.4 is 0 Å². The Hall–Kier alpha value is -2.06. The Balaban J connectivity index is 2.37. The first-order valence-corrected chi connectivity index (χ1v) is 8.32. The van der Waals surface area contributed by atoms with Gasteiger partial charge >= 0.3 is 12.4 Å². The Morgan fingerprint density at radius 2 is 1.59 bits per heavy atom. The van der Waals surface area contributed by atoms with Crippen LogP contribution in [0.2, 0.25) is 0 Å². The average Bonchev–Trinajstić information content (AvgIpc) is 2.84. The summed E-state index contributed by atoms with van der Waals surface area (Å²) >= 11 is 0. The first-order chi connectivity index (χ1) is 12.3. The van der Waals surface area contributed by atoms with Gasteiger partial charge in [0.25, 0.3) is 0 Å². The molecule has 1 atom stereocenters. The van der Waals surface area contributed by atoms with E-state index in [-0.39, 0.29) is 37.1 Å². The smallest absolute Gasteiger partial charge is 0.338 e. The van der Waals surface area contributed by atoms with E-state index in [9.17, 15) is 35.9 Å². The van der Waals surface area contributed by atoms with E-state index in [0.717, 1.165) is 0 Å². The number of likely N-dealkylation sites (tertiary alicyclic amines) is 1. The molecule has 1 unspecified atom stereocenters. The predicted octanol–water partition coefficient (Wildman–Crippen LogP) is 4.69. The van der Waals surface area contributed by atoms with E-state index < -0.39 is 34.8 Å². The Bertz CT molecular complexity index is 693. The molecule has 150 valence electrons. The fourth-order valence-corrected chi connectivity index (χ4v) is 3.45. The summed E-state index contributed by atoms with van der Waals surface area (Å²) in [6.45, 7) is 3.31. The summed E-state index contributed by atoms with van der Waals surface area (Å²) in [5, 5.41) is 0. The highest BCUT2D eigenvalue weighted by atomic mass is 19.4. The largest absolute Gasteiger partial charge is 0.416 e. The van der Waals surface area contributed by atoms with Gasteiger partial charge in [-0.2, -0.15) is 26.3 Å². The molecule has 1 aromatic rings. The number of aldehydes is 1. The van der Waals surface area contributed by atoms with Crippen molar-refractivity contribution in [3.05, 3.63) is 34.9 Å². The van der Waals surface area contributed by atoms with Gasteiger partial charge in [-0.05, 0) is 36.1 Å². The minimum atomic E-state index is -4.94. The number of hydrogen-bond donors (Lipinski definition) is 0. The van der Waals surface area contributed by atoms with Gasteiger partial charge in [-0.3, -0.25) is 4.79 Å². The van der Waals surface area contributed by atoms with Crippen LogP contribution in [0.4, 0.5) is 26.3 Å². The Labute approximate surface area is 152 Å². The zero-order chi connectivity index (χ0) is 20.6. The summed E-state index contributed by atoms with van der Waals surface area (Å²) in [5.74, 6) is -0.608. The van der Waals surface area contributed by atoms with Gasteiger partial charge in [0.1, 0.15) is 6.29 Å². The molecule has 1 aliphatic rings. The van der Waals surface area contributed by atoms with Gasteiger partial charge in [0.2, 0.25) is 5.91 Å². The molecule has 3 nitrogen and oxygen atoms in total. The van der Waals surface area contributed by atoms with Crippen molar-refractivity contribution in [2.24, 2.45) is 11.3 Å². The quantitative estimate of drug-likeness (QED) is 0.536. The highest BCUT2D eigenvalue weighted by Crippen LogP contribution is 2.43. The first-order valence-electron chi connectivity index (χ1n) is 8.32. The number of hydrogen-bond acceptors (Lipinski definition) is 2. The maximum Gasteiger partial charge on any atom is 0.416 e. The van der Waals surface area contributed by atoms with Crippen molar-refractivity contribution < 1.29 is 35.9 Å². The van der Waals surface area contributed by atoms with Crippen molar-refractivity contribution in [1.82, 2.24) is 4.90 Å². The molecule has 2 rings (SSSR count). The topological polar surface area (TPSA) is 37.4 Å². The highest BCUT2D eigenvalue weighted by Gasteiger charge is 2.48. The lowest BCUT2D eigenvalue weighted by Gasteiger charge is -2.30. The zero-order valence-electron chi connectivity index (χ0n) is 14.7. The van der Waals surface area contributed by atoms with Crippen molar-refractivity contribution >= 4 is 12.2 Å². The maximum absolute atomic E-state index is 13.0. The van der Waals surface area contributed by atoms with E-state index in [1.54, 1.807) is 13.8 Å². The van der Waals surface area contributed by atoms with Crippen LogP contribution in [-0.4, -0.2) is 23.6 Å². The SMILES string of the molecule is CC(C)C1(CC=O)CCN(Cc2cc(C(F)(F)F)cc(C(F)(F)F)c2)C1=O. The van der Waals surface area contributed by atoms with Gasteiger partial charge in [0, 0.05) is 19.5 Å². The summed E-state index contributed by atoms with van der Waals surface area (Å²) in [7, 11) is 0. The van der Waals surface area contributed by atoms with E-state index in [0.29, 0.717) is 24.8 Å². The first kappa shape index (κ1) is 21.2. The van der Waals surface area contributed by atoms with Crippen LogP contribution >= 0.6 is 0 Å². The standard InChI is InChI=1S/C18H19F6NO2/c1-11(2)16(4-6-26)3-5-25(15(16)27)10-12-7-13(17(19,20)21)9-14(8-12)18(22,23)24/h6-9,11H,3-5,10H2,1-2H3. The van der Waals surface area contributed by atoms with Crippen LogP contribution in [0, 0.1) is 11.3 Å². The maximum atomic E-state index is 13.0. The van der Waals surface area contributed by atoms with Gasteiger partial charge in [-0.15, -0.1) is 0 Å². The van der Waals surface area contributed by atoms with Gasteiger partial charge in [0.05, 0.1) is 16.5 Å². The molecule has 1 aliphatic heterocycles. The molecule has 1 amide bonds. The summed E-state index contributed by atoms with van der Waals surface area (Å²) in [5.41, 5.74) is -4.05. The number of alkyl halides is 6. The van der Waals surface area contributed by atoms with Crippen LogP contribution in [0.25, 0.3) is 0 Å². The Morgan fingerprint density at radius 1 is 1.07 bits per heavy atom. The number of benzene rings is 1. The molecule has 0 N–H and O–H groups in total. The molecule has 0 bridgehead atoms. The summed E-state index contributed by atoms with van der Waals surface area (Å²) in [6, 6.07) is 1.30. The van der Waals surface area contributed by atoms with Gasteiger partial charge in [-0.1, -0.05) is 13.8 Å². The lowest BCUT2D eigenvalue weighted by atomic mass is 9.73. The number of nitrogens with zero attached hydrogens (tertiary/aromatic N) is 1. The third-order valence-electron chi connectivity index (χ3n) is 5.11. The molecule has 1 aromatic carbocycles. The second-order valence-electron chi connectivity index (χ2n) is 7.07. The average molecular weight is 395 g/mol. The van der Waals surface area contributed by atoms with Crippen molar-refractivity contribution in [1.29, 1.82) is 0 Å². The van der Waals surface area contributed by atoms with E-state index in [4.69, 9.17) is 0 Å². The third-order valence-corrected chi connectivity index (χ3v) is 5.11. The Morgan fingerprint density at radius 3 is 2.00 bits per heavy atom. The minimum Gasteiger partial charge on any atom is -0.338 e.